The first-order valence-electron chi connectivity index (χ1n) is 7.46. The van der Waals surface area contributed by atoms with Crippen LogP contribution in [-0.2, 0) is 4.74 Å². The molecule has 0 aliphatic rings. The molecule has 2 aromatic rings. The number of rotatable bonds is 5. The van der Waals surface area contributed by atoms with Gasteiger partial charge in [0.25, 0.3) is 0 Å². The first-order chi connectivity index (χ1) is 10.9. The summed E-state index contributed by atoms with van der Waals surface area (Å²) in [4.78, 5) is 20.0. The van der Waals surface area contributed by atoms with Crippen LogP contribution < -0.4 is 10.1 Å². The summed E-state index contributed by atoms with van der Waals surface area (Å²) in [5.74, 6) is 0.894. The molecule has 0 bridgehead atoms. The van der Waals surface area contributed by atoms with Gasteiger partial charge in [0.05, 0.1) is 6.61 Å². The zero-order valence-corrected chi connectivity index (χ0v) is 13.8. The molecule has 0 radical (unpaired) electrons. The third-order valence-corrected chi connectivity index (χ3v) is 2.82. The quantitative estimate of drug-likeness (QED) is 0.899. The molecule has 0 unspecified atom stereocenters. The summed E-state index contributed by atoms with van der Waals surface area (Å²) in [7, 11) is 0. The van der Waals surface area contributed by atoms with E-state index in [1.165, 1.54) is 0 Å². The third-order valence-electron chi connectivity index (χ3n) is 2.82. The largest absolute Gasteiger partial charge is 0.449 e. The molecule has 1 aromatic heterocycles. The zero-order chi connectivity index (χ0) is 16.8. The van der Waals surface area contributed by atoms with Crippen molar-refractivity contribution in [3.8, 4) is 11.8 Å². The van der Waals surface area contributed by atoms with Gasteiger partial charge in [-0.1, -0.05) is 13.8 Å². The number of carbonyl (C=O) groups is 1. The smallest absolute Gasteiger partial charge is 0.411 e. The van der Waals surface area contributed by atoms with E-state index in [2.05, 4.69) is 15.3 Å². The van der Waals surface area contributed by atoms with Crippen LogP contribution in [0.2, 0.25) is 0 Å². The van der Waals surface area contributed by atoms with Crippen LogP contribution in [0, 0.1) is 19.8 Å². The number of aromatic nitrogens is 2. The van der Waals surface area contributed by atoms with Gasteiger partial charge in [-0.05, 0) is 50.1 Å². The van der Waals surface area contributed by atoms with Gasteiger partial charge in [-0.15, -0.1) is 0 Å². The first-order valence-corrected chi connectivity index (χ1v) is 7.46. The fourth-order valence-corrected chi connectivity index (χ4v) is 1.85. The molecule has 0 atom stereocenters. The van der Waals surface area contributed by atoms with E-state index in [1.807, 2.05) is 33.8 Å². The molecule has 1 N–H and O–H groups in total. The fourth-order valence-electron chi connectivity index (χ4n) is 1.85. The Bertz CT molecular complexity index is 649. The molecule has 2 rings (SSSR count). The van der Waals surface area contributed by atoms with Crippen LogP contribution in [0.4, 0.5) is 10.5 Å². The Hall–Kier alpha value is -2.63. The van der Waals surface area contributed by atoms with Gasteiger partial charge in [0.2, 0.25) is 0 Å². The van der Waals surface area contributed by atoms with Crippen molar-refractivity contribution in [2.45, 2.75) is 27.7 Å². The van der Waals surface area contributed by atoms with E-state index in [-0.39, 0.29) is 0 Å². The Labute approximate surface area is 135 Å². The maximum absolute atomic E-state index is 11.6. The zero-order valence-electron chi connectivity index (χ0n) is 13.8. The molecule has 0 saturated heterocycles. The second-order valence-electron chi connectivity index (χ2n) is 5.68. The number of carbonyl (C=O) groups excluding carboxylic acids is 1. The molecule has 1 heterocycles. The molecular formula is C17H21N3O3. The van der Waals surface area contributed by atoms with Gasteiger partial charge in [-0.2, -0.15) is 0 Å². The molecule has 1 aromatic carbocycles. The van der Waals surface area contributed by atoms with E-state index in [9.17, 15) is 4.79 Å². The summed E-state index contributed by atoms with van der Waals surface area (Å²) >= 11 is 0. The van der Waals surface area contributed by atoms with E-state index in [0.717, 1.165) is 11.4 Å². The predicted molar refractivity (Wildman–Crippen MR) is 87.8 cm³/mol. The average Bonchev–Trinajstić information content (AvgIpc) is 2.46. The topological polar surface area (TPSA) is 73.3 Å². The van der Waals surface area contributed by atoms with Gasteiger partial charge in [-0.25, -0.2) is 14.8 Å². The molecule has 0 aliphatic heterocycles. The molecule has 122 valence electrons. The SMILES string of the molecule is Cc1cc(C)nc(Oc2ccc(NC(=O)OCC(C)C)cc2)n1. The Morgan fingerprint density at radius 1 is 1.13 bits per heavy atom. The van der Waals surface area contributed by atoms with Crippen molar-refractivity contribution in [1.82, 2.24) is 9.97 Å². The highest BCUT2D eigenvalue weighted by molar-refractivity contribution is 5.84. The van der Waals surface area contributed by atoms with E-state index in [0.29, 0.717) is 30.0 Å². The van der Waals surface area contributed by atoms with Crippen LogP contribution in [0.25, 0.3) is 0 Å². The van der Waals surface area contributed by atoms with Gasteiger partial charge in [0, 0.05) is 17.1 Å². The minimum atomic E-state index is -0.468. The van der Waals surface area contributed by atoms with Gasteiger partial charge in [0.15, 0.2) is 0 Å². The van der Waals surface area contributed by atoms with Crippen LogP contribution in [-0.4, -0.2) is 22.7 Å². The van der Waals surface area contributed by atoms with Gasteiger partial charge >= 0.3 is 12.1 Å². The van der Waals surface area contributed by atoms with Crippen molar-refractivity contribution in [2.24, 2.45) is 5.92 Å². The van der Waals surface area contributed by atoms with E-state index < -0.39 is 6.09 Å². The van der Waals surface area contributed by atoms with Crippen LogP contribution in [0.5, 0.6) is 11.8 Å². The van der Waals surface area contributed by atoms with Crippen molar-refractivity contribution < 1.29 is 14.3 Å². The van der Waals surface area contributed by atoms with Crippen molar-refractivity contribution in [3.05, 3.63) is 41.7 Å². The van der Waals surface area contributed by atoms with Crippen molar-refractivity contribution in [3.63, 3.8) is 0 Å². The normalized spacial score (nSPS) is 10.5. The highest BCUT2D eigenvalue weighted by Gasteiger charge is 2.06. The maximum Gasteiger partial charge on any atom is 0.411 e. The summed E-state index contributed by atoms with van der Waals surface area (Å²) in [6.07, 6.45) is -0.468. The number of anilines is 1. The number of amides is 1. The van der Waals surface area contributed by atoms with Crippen LogP contribution in [0.3, 0.4) is 0 Å². The number of hydrogen-bond donors (Lipinski definition) is 1. The maximum atomic E-state index is 11.6. The molecule has 23 heavy (non-hydrogen) atoms. The summed E-state index contributed by atoms with van der Waals surface area (Å²) in [6.45, 7) is 8.12. The number of benzene rings is 1. The highest BCUT2D eigenvalue weighted by Crippen LogP contribution is 2.21. The summed E-state index contributed by atoms with van der Waals surface area (Å²) < 4.78 is 10.7. The van der Waals surface area contributed by atoms with Crippen LogP contribution in [0.1, 0.15) is 25.2 Å². The lowest BCUT2D eigenvalue weighted by Gasteiger charge is -2.09. The van der Waals surface area contributed by atoms with Gasteiger partial charge in [-0.3, -0.25) is 5.32 Å². The molecule has 0 aliphatic carbocycles. The highest BCUT2D eigenvalue weighted by atomic mass is 16.5. The van der Waals surface area contributed by atoms with Crippen LogP contribution >= 0.6 is 0 Å². The molecule has 0 saturated carbocycles. The van der Waals surface area contributed by atoms with Crippen molar-refractivity contribution in [1.29, 1.82) is 0 Å². The molecule has 0 fully saturated rings. The van der Waals surface area contributed by atoms with Crippen molar-refractivity contribution in [2.75, 3.05) is 11.9 Å². The number of nitrogens with one attached hydrogen (secondary N) is 1. The average molecular weight is 315 g/mol. The summed E-state index contributed by atoms with van der Waals surface area (Å²) in [5.41, 5.74) is 2.32. The Kier molecular flexibility index (Phi) is 5.51. The Balaban J connectivity index is 1.95. The van der Waals surface area contributed by atoms with Crippen LogP contribution in [0.15, 0.2) is 30.3 Å². The molecule has 6 heteroatoms. The minimum Gasteiger partial charge on any atom is -0.449 e. The number of hydrogen-bond acceptors (Lipinski definition) is 5. The minimum absolute atomic E-state index is 0.300. The number of nitrogens with zero attached hydrogens (tertiary/aromatic N) is 2. The van der Waals surface area contributed by atoms with E-state index in [1.54, 1.807) is 24.3 Å². The molecule has 1 amide bonds. The second-order valence-corrected chi connectivity index (χ2v) is 5.68. The number of ether oxygens (including phenoxy) is 2. The Morgan fingerprint density at radius 2 is 1.74 bits per heavy atom. The van der Waals surface area contributed by atoms with Gasteiger partial charge < -0.3 is 9.47 Å². The molecular weight excluding hydrogens is 294 g/mol. The molecule has 0 spiro atoms. The summed E-state index contributed by atoms with van der Waals surface area (Å²) in [5, 5.41) is 2.66. The summed E-state index contributed by atoms with van der Waals surface area (Å²) in [6, 6.07) is 9.11. The standard InChI is InChI=1S/C17H21N3O3/c1-11(2)10-22-17(21)20-14-5-7-15(8-6-14)23-16-18-12(3)9-13(4)19-16/h5-9,11H,10H2,1-4H3,(H,20,21). The molecule has 6 nitrogen and oxygen atoms in total. The van der Waals surface area contributed by atoms with E-state index in [4.69, 9.17) is 9.47 Å². The third kappa shape index (κ3) is 5.58. The lowest BCUT2D eigenvalue weighted by Crippen LogP contribution is -2.16. The second kappa shape index (κ2) is 7.58. The van der Waals surface area contributed by atoms with Crippen molar-refractivity contribution >= 4 is 11.8 Å². The monoisotopic (exact) mass is 315 g/mol. The fraction of sp³-hybridized carbons (Fsp3) is 0.353. The lowest BCUT2D eigenvalue weighted by atomic mass is 10.2. The lowest BCUT2D eigenvalue weighted by molar-refractivity contribution is 0.147. The van der Waals surface area contributed by atoms with E-state index >= 15 is 0 Å². The predicted octanol–water partition coefficient (Wildman–Crippen LogP) is 4.09. The number of aryl methyl sites for hydroxylation is 2. The Morgan fingerprint density at radius 3 is 2.30 bits per heavy atom. The van der Waals surface area contributed by atoms with Gasteiger partial charge in [0.1, 0.15) is 5.75 Å². The first kappa shape index (κ1) is 16.7.